The number of hydrogen-bond acceptors (Lipinski definition) is 3. The molecule has 7 heteroatoms. The van der Waals surface area contributed by atoms with Gasteiger partial charge in [-0.3, -0.25) is 10.1 Å². The van der Waals surface area contributed by atoms with E-state index in [4.69, 9.17) is 5.11 Å². The molecule has 1 atom stereocenters. The minimum Gasteiger partial charge on any atom is -0.396 e. The Morgan fingerprint density at radius 3 is 2.67 bits per heavy atom. The van der Waals surface area contributed by atoms with Crippen molar-refractivity contribution in [2.75, 3.05) is 13.2 Å². The molecule has 1 rings (SSSR count). The molecule has 3 N–H and O–H groups in total. The van der Waals surface area contributed by atoms with E-state index < -0.39 is 37.7 Å². The highest BCUT2D eigenvalue weighted by Crippen LogP contribution is 2.21. The summed E-state index contributed by atoms with van der Waals surface area (Å²) in [4.78, 5) is 11.5. The molecular weight excluding hydrogens is 285 g/mol. The molecule has 1 unspecified atom stereocenters. The van der Waals surface area contributed by atoms with Crippen LogP contribution in [0.5, 0.6) is 0 Å². The molecule has 118 valence electrons. The smallest absolute Gasteiger partial charge is 0.396 e. The third-order valence-electron chi connectivity index (χ3n) is 2.89. The zero-order valence-corrected chi connectivity index (χ0v) is 11.7. The molecule has 0 aliphatic carbocycles. The lowest BCUT2D eigenvalue weighted by atomic mass is 10.1. The third kappa shape index (κ3) is 6.59. The molecule has 0 aliphatic rings. The zero-order valence-electron chi connectivity index (χ0n) is 11.7. The van der Waals surface area contributed by atoms with E-state index in [9.17, 15) is 18.0 Å². The van der Waals surface area contributed by atoms with Crippen molar-refractivity contribution in [1.29, 1.82) is 0 Å². The summed E-state index contributed by atoms with van der Waals surface area (Å²) in [6.45, 7) is 1.13. The van der Waals surface area contributed by atoms with Gasteiger partial charge in [0.15, 0.2) is 0 Å². The van der Waals surface area contributed by atoms with Gasteiger partial charge in [0.1, 0.15) is 6.04 Å². The van der Waals surface area contributed by atoms with E-state index in [0.717, 1.165) is 11.1 Å². The predicted octanol–water partition coefficient (Wildman–Crippen LogP) is 1.51. The van der Waals surface area contributed by atoms with E-state index in [2.05, 4.69) is 10.6 Å². The number of carbonyl (C=O) groups excluding carboxylic acids is 1. The fraction of sp³-hybridized carbons (Fsp3) is 0.500. The molecule has 0 aliphatic heterocycles. The van der Waals surface area contributed by atoms with Crippen LogP contribution in [0.1, 0.15) is 17.5 Å². The first-order valence-electron chi connectivity index (χ1n) is 6.56. The highest BCUT2D eigenvalue weighted by Gasteiger charge is 2.38. The molecule has 4 nitrogen and oxygen atoms in total. The third-order valence-corrected chi connectivity index (χ3v) is 2.89. The van der Waals surface area contributed by atoms with Gasteiger partial charge < -0.3 is 10.4 Å². The van der Waals surface area contributed by atoms with Gasteiger partial charge in [0.2, 0.25) is 5.91 Å². The van der Waals surface area contributed by atoms with Crippen molar-refractivity contribution in [2.45, 2.75) is 32.1 Å². The van der Waals surface area contributed by atoms with E-state index in [1.54, 1.807) is 0 Å². The Bertz CT molecular complexity index is 464. The molecule has 1 aromatic carbocycles. The Balaban J connectivity index is 2.39. The second kappa shape index (κ2) is 7.99. The van der Waals surface area contributed by atoms with Crippen LogP contribution in [0.15, 0.2) is 24.3 Å². The molecule has 0 heterocycles. The maximum atomic E-state index is 12.5. The number of alkyl halides is 3. The van der Waals surface area contributed by atoms with E-state index in [1.807, 2.05) is 31.2 Å². The number of aliphatic hydroxyl groups is 1. The van der Waals surface area contributed by atoms with E-state index in [-0.39, 0.29) is 6.54 Å². The van der Waals surface area contributed by atoms with Crippen LogP contribution in [0.4, 0.5) is 13.2 Å². The summed E-state index contributed by atoms with van der Waals surface area (Å²) in [6, 6.07) is 5.58. The molecule has 0 spiro atoms. The lowest BCUT2D eigenvalue weighted by molar-refractivity contribution is -0.159. The van der Waals surface area contributed by atoms with Crippen molar-refractivity contribution in [2.24, 2.45) is 0 Å². The highest BCUT2D eigenvalue weighted by molar-refractivity contribution is 5.78. The average molecular weight is 304 g/mol. The van der Waals surface area contributed by atoms with Crippen molar-refractivity contribution in [3.05, 3.63) is 35.4 Å². The van der Waals surface area contributed by atoms with Crippen LogP contribution in [0, 0.1) is 6.92 Å². The standard InChI is InChI=1S/C14H19F3N2O2/c1-10-3-2-4-11(7-10)8-19-13(21)9-18-12(5-6-20)14(15,16)17/h2-4,7,12,18,20H,5-6,8-9H2,1H3,(H,19,21). The fourth-order valence-electron chi connectivity index (χ4n) is 1.81. The lowest BCUT2D eigenvalue weighted by Crippen LogP contribution is -2.47. The van der Waals surface area contributed by atoms with E-state index in [1.165, 1.54) is 0 Å². The Kier molecular flexibility index (Phi) is 6.64. The summed E-state index contributed by atoms with van der Waals surface area (Å²) in [7, 11) is 0. The summed E-state index contributed by atoms with van der Waals surface area (Å²) in [5.41, 5.74) is 1.92. The van der Waals surface area contributed by atoms with Gasteiger partial charge >= 0.3 is 6.18 Å². The minimum atomic E-state index is -4.49. The molecule has 0 fully saturated rings. The number of halogens is 3. The molecule has 0 saturated heterocycles. The van der Waals surface area contributed by atoms with Gasteiger partial charge in [-0.05, 0) is 18.9 Å². The number of aliphatic hydroxyl groups excluding tert-OH is 1. The summed E-state index contributed by atoms with van der Waals surface area (Å²) >= 11 is 0. The van der Waals surface area contributed by atoms with Crippen molar-refractivity contribution >= 4 is 5.91 Å². The fourth-order valence-corrected chi connectivity index (χ4v) is 1.81. The quantitative estimate of drug-likeness (QED) is 0.716. The molecule has 1 amide bonds. The Morgan fingerprint density at radius 2 is 2.10 bits per heavy atom. The van der Waals surface area contributed by atoms with Crippen LogP contribution in [0.3, 0.4) is 0 Å². The van der Waals surface area contributed by atoms with Crippen molar-refractivity contribution in [3.63, 3.8) is 0 Å². The van der Waals surface area contributed by atoms with Crippen molar-refractivity contribution < 1.29 is 23.1 Å². The second-order valence-corrected chi connectivity index (χ2v) is 4.75. The maximum Gasteiger partial charge on any atom is 0.403 e. The number of hydrogen-bond donors (Lipinski definition) is 3. The van der Waals surface area contributed by atoms with Gasteiger partial charge in [-0.15, -0.1) is 0 Å². The topological polar surface area (TPSA) is 61.4 Å². The number of aryl methyl sites for hydroxylation is 1. The largest absolute Gasteiger partial charge is 0.403 e. The van der Waals surface area contributed by atoms with Crippen LogP contribution in [0.2, 0.25) is 0 Å². The molecule has 0 bridgehead atoms. The number of benzene rings is 1. The molecule has 0 saturated carbocycles. The van der Waals surface area contributed by atoms with Crippen LogP contribution < -0.4 is 10.6 Å². The van der Waals surface area contributed by atoms with Crippen LogP contribution in [0.25, 0.3) is 0 Å². The van der Waals surface area contributed by atoms with Gasteiger partial charge in [0.05, 0.1) is 6.54 Å². The lowest BCUT2D eigenvalue weighted by Gasteiger charge is -2.20. The van der Waals surface area contributed by atoms with Gasteiger partial charge in [0.25, 0.3) is 0 Å². The molecular formula is C14H19F3N2O2. The first-order chi connectivity index (χ1) is 9.82. The van der Waals surface area contributed by atoms with Gasteiger partial charge in [-0.1, -0.05) is 29.8 Å². The number of rotatable bonds is 7. The van der Waals surface area contributed by atoms with Crippen molar-refractivity contribution in [3.8, 4) is 0 Å². The van der Waals surface area contributed by atoms with E-state index >= 15 is 0 Å². The zero-order chi connectivity index (χ0) is 15.9. The summed E-state index contributed by atoms with van der Waals surface area (Å²) in [5.74, 6) is -0.524. The minimum absolute atomic E-state index is 0.263. The number of amides is 1. The van der Waals surface area contributed by atoms with Crippen LogP contribution >= 0.6 is 0 Å². The second-order valence-electron chi connectivity index (χ2n) is 4.75. The van der Waals surface area contributed by atoms with Gasteiger partial charge in [-0.2, -0.15) is 13.2 Å². The molecule has 0 radical (unpaired) electrons. The summed E-state index contributed by atoms with van der Waals surface area (Å²) in [5, 5.41) is 13.3. The first-order valence-corrected chi connectivity index (χ1v) is 6.56. The average Bonchev–Trinajstić information content (AvgIpc) is 2.40. The van der Waals surface area contributed by atoms with Crippen LogP contribution in [-0.2, 0) is 11.3 Å². The SMILES string of the molecule is Cc1cccc(CNC(=O)CNC(CCO)C(F)(F)F)c1. The summed E-state index contributed by atoms with van der Waals surface area (Å²) in [6.07, 6.45) is -4.96. The monoisotopic (exact) mass is 304 g/mol. The Morgan fingerprint density at radius 1 is 1.38 bits per heavy atom. The normalized spacial score (nSPS) is 13.0. The van der Waals surface area contributed by atoms with Crippen LogP contribution in [-0.4, -0.2) is 36.4 Å². The Hall–Kier alpha value is -1.60. The molecule has 0 aromatic heterocycles. The molecule has 21 heavy (non-hydrogen) atoms. The number of nitrogens with one attached hydrogen (secondary N) is 2. The highest BCUT2D eigenvalue weighted by atomic mass is 19.4. The Labute approximate surface area is 121 Å². The van der Waals surface area contributed by atoms with Gasteiger partial charge in [0, 0.05) is 13.2 Å². The number of carbonyl (C=O) groups is 1. The van der Waals surface area contributed by atoms with E-state index in [0.29, 0.717) is 0 Å². The van der Waals surface area contributed by atoms with Gasteiger partial charge in [-0.25, -0.2) is 0 Å². The maximum absolute atomic E-state index is 12.5. The predicted molar refractivity (Wildman–Crippen MR) is 72.6 cm³/mol. The summed E-state index contributed by atoms with van der Waals surface area (Å²) < 4.78 is 37.6. The molecule has 1 aromatic rings. The van der Waals surface area contributed by atoms with Crippen molar-refractivity contribution in [1.82, 2.24) is 10.6 Å². The first kappa shape index (κ1) is 17.5.